The maximum absolute atomic E-state index is 14.1. The van der Waals surface area contributed by atoms with E-state index in [-0.39, 0.29) is 82.5 Å². The van der Waals surface area contributed by atoms with Crippen molar-refractivity contribution in [2.24, 2.45) is 21.1 Å². The monoisotopic (exact) mass is 1140 g/mol. The van der Waals surface area contributed by atoms with Gasteiger partial charge in [-0.3, -0.25) is 33.6 Å². The van der Waals surface area contributed by atoms with E-state index >= 15 is 0 Å². The average molecular weight is 1140 g/mol. The summed E-state index contributed by atoms with van der Waals surface area (Å²) < 4.78 is 27.5. The van der Waals surface area contributed by atoms with Gasteiger partial charge in [-0.05, 0) is 63.2 Å². The third-order valence-electron chi connectivity index (χ3n) is 15.1. The van der Waals surface area contributed by atoms with Gasteiger partial charge in [-0.25, -0.2) is 4.98 Å². The average Bonchev–Trinajstić information content (AvgIpc) is 4.09. The number of nitrogens with one attached hydrogen (secondary N) is 5. The molecular formula is C57H59N9O17. The molecule has 2 unspecified atom stereocenters. The van der Waals surface area contributed by atoms with Crippen LogP contribution in [0.15, 0.2) is 71.5 Å². The normalized spacial score (nSPS) is 20.1. The fourth-order valence-electron chi connectivity index (χ4n) is 11.1. The minimum absolute atomic E-state index is 0.00362. The van der Waals surface area contributed by atoms with Gasteiger partial charge in [0.1, 0.15) is 52.2 Å². The predicted molar refractivity (Wildman–Crippen MR) is 294 cm³/mol. The number of phenolic OH excluding ortho intramolecular Hbond substituents is 2. The van der Waals surface area contributed by atoms with Gasteiger partial charge >= 0.3 is 0 Å². The molecular weight excluding hydrogens is 1080 g/mol. The van der Waals surface area contributed by atoms with E-state index in [1.54, 1.807) is 39.1 Å². The Hall–Kier alpha value is -9.18. The van der Waals surface area contributed by atoms with E-state index < -0.39 is 125 Å². The molecule has 434 valence electrons. The van der Waals surface area contributed by atoms with E-state index in [2.05, 4.69) is 31.6 Å². The highest BCUT2D eigenvalue weighted by Gasteiger charge is 2.50. The molecule has 26 nitrogen and oxygen atoms in total. The Labute approximate surface area is 471 Å². The molecule has 83 heavy (non-hydrogen) atoms. The van der Waals surface area contributed by atoms with Crippen molar-refractivity contribution in [2.75, 3.05) is 41.5 Å². The number of furan rings is 1. The third-order valence-corrected chi connectivity index (χ3v) is 15.1. The number of hydrogen-bond acceptors (Lipinski definition) is 19. The van der Waals surface area contributed by atoms with Crippen LogP contribution >= 0.6 is 0 Å². The molecule has 0 bridgehead atoms. The van der Waals surface area contributed by atoms with Gasteiger partial charge in [0.15, 0.2) is 35.1 Å². The van der Waals surface area contributed by atoms with Gasteiger partial charge in [-0.2, -0.15) is 0 Å². The van der Waals surface area contributed by atoms with Crippen LogP contribution in [0.2, 0.25) is 0 Å². The number of carbonyl (C=O) groups is 7. The number of benzene rings is 3. The number of fused-ring (bicyclic) bond motifs is 4. The molecule has 4 aromatic heterocycles. The van der Waals surface area contributed by atoms with Crippen molar-refractivity contribution >= 4 is 74.8 Å². The van der Waals surface area contributed by atoms with Crippen LogP contribution in [0.25, 0.3) is 11.0 Å². The van der Waals surface area contributed by atoms with E-state index in [1.807, 2.05) is 6.07 Å². The number of imidazole rings is 1. The van der Waals surface area contributed by atoms with Crippen molar-refractivity contribution in [1.29, 1.82) is 0 Å². The number of aromatic hydroxyl groups is 3. The van der Waals surface area contributed by atoms with Crippen LogP contribution in [0, 0.1) is 6.92 Å². The van der Waals surface area contributed by atoms with Crippen molar-refractivity contribution in [1.82, 2.24) is 24.0 Å². The standard InChI is InChI=1S/C57H59N9O17/c1-25-15-27-16-28(12-13-35(27)81-25)60-55(77)46-50(73)33(22-65(46)4)61-56(78)53-62-39(23-66(53)5)63-54(76)34-17-29(21-64(34)3)59-40(69)11-8-14-58-32-18-41(82-26(2)47(32)70)83-37-20-57(79,38(68)24-67)19-31-43(37)52(75)45-44(49(31)72)48(71)30-9-7-10-36(80-6)42(30)51(45)74/h7,9-10,12-13,15-17,21-23,26,32,37,41,47,58,67,70,72-73,75,79H,8,11,14,18-20,24H2,1-6H3,(H,59,69)(H,60,77)(H,61,78)(H,63,76)/t26-,32-,37+,41?,47+,57?/m0/s1. The predicted octanol–water partition coefficient (Wildman–Crippen LogP) is 3.98. The smallest absolute Gasteiger partial charge is 0.291 e. The lowest BCUT2D eigenvalue weighted by Crippen LogP contribution is -2.54. The van der Waals surface area contributed by atoms with Crippen LogP contribution in [0.4, 0.5) is 22.9 Å². The molecule has 7 aromatic rings. The fourth-order valence-corrected chi connectivity index (χ4v) is 11.1. The Balaban J connectivity index is 0.735. The van der Waals surface area contributed by atoms with Crippen molar-refractivity contribution in [3.8, 4) is 23.0 Å². The number of methoxy groups -OCH3 is 1. The van der Waals surface area contributed by atoms with Gasteiger partial charge in [-0.1, -0.05) is 12.1 Å². The van der Waals surface area contributed by atoms with E-state index in [1.165, 1.54) is 77.8 Å². The van der Waals surface area contributed by atoms with Crippen LogP contribution in [0.1, 0.15) is 119 Å². The highest BCUT2D eigenvalue weighted by atomic mass is 16.7. The minimum Gasteiger partial charge on any atom is -0.507 e. The summed E-state index contributed by atoms with van der Waals surface area (Å²) in [5.74, 6) is -6.47. The topological polar surface area (TPSA) is 370 Å². The van der Waals surface area contributed by atoms with E-state index in [9.17, 15) is 64.2 Å². The zero-order chi connectivity index (χ0) is 59.5. The number of rotatable bonds is 17. The second-order valence-corrected chi connectivity index (χ2v) is 20.8. The molecule has 0 spiro atoms. The first-order valence-corrected chi connectivity index (χ1v) is 26.3. The van der Waals surface area contributed by atoms with Crippen LogP contribution in [0.5, 0.6) is 23.0 Å². The quantitative estimate of drug-likeness (QED) is 0.0454. The summed E-state index contributed by atoms with van der Waals surface area (Å²) in [4.78, 5) is 98.7. The second kappa shape index (κ2) is 22.3. The van der Waals surface area contributed by atoms with Gasteiger partial charge in [0.2, 0.25) is 17.5 Å². The van der Waals surface area contributed by atoms with Crippen LogP contribution in [-0.2, 0) is 46.6 Å². The summed E-state index contributed by atoms with van der Waals surface area (Å²) in [5.41, 5.74) is -2.78. The van der Waals surface area contributed by atoms with Gasteiger partial charge in [0.25, 0.3) is 17.7 Å². The van der Waals surface area contributed by atoms with Crippen LogP contribution in [-0.4, -0.2) is 141 Å². The zero-order valence-electron chi connectivity index (χ0n) is 45.7. The number of ketones is 3. The van der Waals surface area contributed by atoms with E-state index in [4.69, 9.17) is 18.6 Å². The van der Waals surface area contributed by atoms with E-state index in [0.717, 1.165) is 5.39 Å². The lowest BCUT2D eigenvalue weighted by molar-refractivity contribution is -0.249. The number of ether oxygens (including phenoxy) is 3. The maximum Gasteiger partial charge on any atom is 0.291 e. The number of hydrogen-bond donors (Lipinski definition) is 11. The number of Topliss-reactive ketones (excluding diaryl/α,β-unsaturated/α-hetero) is 1. The van der Waals surface area contributed by atoms with E-state index in [0.29, 0.717) is 22.7 Å². The summed E-state index contributed by atoms with van der Waals surface area (Å²) >= 11 is 0. The Bertz CT molecular complexity index is 3830. The maximum atomic E-state index is 14.1. The number of aromatic nitrogens is 4. The number of aliphatic hydroxyl groups excluding tert-OH is 2. The largest absolute Gasteiger partial charge is 0.507 e. The number of aliphatic hydroxyl groups is 3. The summed E-state index contributed by atoms with van der Waals surface area (Å²) in [7, 11) is 5.94. The number of aryl methyl sites for hydroxylation is 4. The number of amides is 4. The van der Waals surface area contributed by atoms with Crippen molar-refractivity contribution in [3.05, 3.63) is 123 Å². The minimum atomic E-state index is -2.36. The molecule has 6 atom stereocenters. The summed E-state index contributed by atoms with van der Waals surface area (Å²) in [6.45, 7) is 2.49. The zero-order valence-corrected chi connectivity index (χ0v) is 45.7. The molecule has 10 rings (SSSR count). The van der Waals surface area contributed by atoms with Crippen LogP contribution < -0.4 is 31.3 Å². The molecule has 26 heteroatoms. The molecule has 1 fully saturated rings. The van der Waals surface area contributed by atoms with Crippen molar-refractivity contribution < 1.29 is 82.8 Å². The number of anilines is 4. The first kappa shape index (κ1) is 57.1. The van der Waals surface area contributed by atoms with Gasteiger partial charge < -0.3 is 89.6 Å². The highest BCUT2D eigenvalue weighted by molar-refractivity contribution is 6.31. The summed E-state index contributed by atoms with van der Waals surface area (Å²) in [6, 6.07) is 11.9. The second-order valence-electron chi connectivity index (χ2n) is 20.8. The summed E-state index contributed by atoms with van der Waals surface area (Å²) in [5, 5.41) is 82.0. The van der Waals surface area contributed by atoms with Crippen molar-refractivity contribution in [3.63, 3.8) is 0 Å². The summed E-state index contributed by atoms with van der Waals surface area (Å²) in [6.07, 6.45) is -1.37. The Morgan fingerprint density at radius 3 is 2.34 bits per heavy atom. The molecule has 0 radical (unpaired) electrons. The third kappa shape index (κ3) is 10.7. The van der Waals surface area contributed by atoms with Gasteiger partial charge in [-0.15, -0.1) is 0 Å². The Morgan fingerprint density at radius 2 is 1.59 bits per heavy atom. The Kier molecular flexibility index (Phi) is 15.3. The molecule has 3 aliphatic rings. The lowest BCUT2D eigenvalue weighted by atomic mass is 9.72. The SMILES string of the molecule is COc1cccc2c1C(=O)c1c(O)c3c(c(O)c1C2=O)CC(O)(C(=O)CO)C[C@H]3OC1C[C@H](NCCCC(=O)Nc2cc(C(=O)Nc3cn(C)c(C(=O)Nc4cn(C)c(C(=O)Nc5ccc6oc(C)cc6c5)c4O)n3)n(C)c2)[C@H](O)[C@H](C)O1. The number of nitrogens with zero attached hydrogens (tertiary/aromatic N) is 4. The molecule has 3 aromatic carbocycles. The molecule has 1 saturated heterocycles. The van der Waals surface area contributed by atoms with Gasteiger partial charge in [0.05, 0.1) is 47.8 Å². The fraction of sp³-hybridized carbons (Fsp3) is 0.333. The van der Waals surface area contributed by atoms with Crippen LogP contribution in [0.3, 0.4) is 0 Å². The molecule has 2 aliphatic carbocycles. The van der Waals surface area contributed by atoms with Crippen molar-refractivity contribution in [2.45, 2.75) is 82.2 Å². The Morgan fingerprint density at radius 1 is 0.831 bits per heavy atom. The molecule has 4 amide bonds. The molecule has 0 saturated carbocycles. The molecule has 11 N–H and O–H groups in total. The lowest BCUT2D eigenvalue weighted by Gasteiger charge is -2.43. The number of carbonyl (C=O) groups excluding carboxylic acids is 7. The molecule has 1 aliphatic heterocycles. The number of phenols is 2. The molecule has 5 heterocycles. The highest BCUT2D eigenvalue weighted by Crippen LogP contribution is 2.53. The first-order chi connectivity index (χ1) is 39.5. The first-order valence-electron chi connectivity index (χ1n) is 26.3. The van der Waals surface area contributed by atoms with Gasteiger partial charge in [0, 0.05) is 99.2 Å².